The number of carbonyl (C=O) groups is 1. The fourth-order valence-corrected chi connectivity index (χ4v) is 2.52. The smallest absolute Gasteiger partial charge is 0.337 e. The van der Waals surface area contributed by atoms with E-state index < -0.39 is 23.1 Å². The average Bonchev–Trinajstić information content (AvgIpc) is 2.50. The molecule has 22 heavy (non-hydrogen) atoms. The highest BCUT2D eigenvalue weighted by Gasteiger charge is 2.21. The van der Waals surface area contributed by atoms with Crippen LogP contribution in [-0.4, -0.2) is 21.8 Å². The minimum absolute atomic E-state index is 0.0847. The molecule has 0 aromatic heterocycles. The maximum absolute atomic E-state index is 14.1. The molecule has 0 spiro atoms. The Kier molecular flexibility index (Phi) is 4.89. The lowest BCUT2D eigenvalue weighted by molar-refractivity contribution is 0.0600. The molecule has 0 bridgehead atoms. The van der Waals surface area contributed by atoms with Gasteiger partial charge in [0, 0.05) is 0 Å². The monoisotopic (exact) mass is 323 g/mol. The first kappa shape index (κ1) is 16.1. The lowest BCUT2D eigenvalue weighted by atomic mass is 10.1. The summed E-state index contributed by atoms with van der Waals surface area (Å²) in [6.45, 7) is 1.86. The first-order chi connectivity index (χ1) is 10.4. The summed E-state index contributed by atoms with van der Waals surface area (Å²) in [5.41, 5.74) is 1.18. The van der Waals surface area contributed by atoms with Crippen molar-refractivity contribution in [3.05, 3.63) is 59.4 Å². The molecule has 2 aromatic carbocycles. The van der Waals surface area contributed by atoms with E-state index in [1.807, 2.05) is 6.92 Å². The number of anilines is 2. The second kappa shape index (κ2) is 6.67. The van der Waals surface area contributed by atoms with Crippen molar-refractivity contribution in [3.8, 4) is 0 Å². The summed E-state index contributed by atoms with van der Waals surface area (Å²) < 4.78 is 40.7. The van der Waals surface area contributed by atoms with Gasteiger partial charge in [-0.1, -0.05) is 17.7 Å². The number of carbonyl (C=O) groups excluding carboxylic acids is 1. The van der Waals surface area contributed by atoms with Gasteiger partial charge in [0.2, 0.25) is 0 Å². The van der Waals surface area contributed by atoms with E-state index >= 15 is 0 Å². The van der Waals surface area contributed by atoms with E-state index in [1.165, 1.54) is 19.2 Å². The van der Waals surface area contributed by atoms with Crippen molar-refractivity contribution in [1.29, 1.82) is 0 Å². The van der Waals surface area contributed by atoms with Gasteiger partial charge in [0.1, 0.15) is 5.82 Å². The number of hydrogen-bond acceptors (Lipinski definition) is 3. The summed E-state index contributed by atoms with van der Waals surface area (Å²) in [6, 6.07) is 10.1. The highest BCUT2D eigenvalue weighted by Crippen LogP contribution is 2.30. The highest BCUT2D eigenvalue weighted by molar-refractivity contribution is 7.81. The van der Waals surface area contributed by atoms with Gasteiger partial charge < -0.3 is 4.74 Å². The van der Waals surface area contributed by atoms with Crippen molar-refractivity contribution in [1.82, 2.24) is 0 Å². The lowest BCUT2D eigenvalue weighted by Gasteiger charge is -2.21. The summed E-state index contributed by atoms with van der Waals surface area (Å²) in [5.74, 6) is -1.38. The zero-order valence-corrected chi connectivity index (χ0v) is 12.8. The van der Waals surface area contributed by atoms with Gasteiger partial charge in [-0.05, 0) is 37.3 Å². The van der Waals surface area contributed by atoms with Crippen LogP contribution in [0.1, 0.15) is 15.9 Å². The average molecular weight is 323 g/mol. The van der Waals surface area contributed by atoms with Gasteiger partial charge in [-0.2, -0.15) is 0 Å². The Morgan fingerprint density at radius 2 is 1.86 bits per heavy atom. The highest BCUT2D eigenvalue weighted by atomic mass is 32.2. The van der Waals surface area contributed by atoms with Crippen molar-refractivity contribution < 1.29 is 22.7 Å². The number of benzene rings is 2. The van der Waals surface area contributed by atoms with E-state index in [-0.39, 0.29) is 11.3 Å². The number of methoxy groups -OCH3 is 1. The number of esters is 1. The normalized spacial score (nSPS) is 11.8. The molecule has 0 saturated carbocycles. The van der Waals surface area contributed by atoms with Gasteiger partial charge in [0.15, 0.2) is 0 Å². The molecule has 1 N–H and O–H groups in total. The molecule has 2 aromatic rings. The SMILES string of the molecule is COC(=O)c1ccc(F)c(N(c2ccc(C)cc2)S(=O)O)c1. The van der Waals surface area contributed by atoms with Crippen LogP contribution in [-0.2, 0) is 16.0 Å². The second-order valence-corrected chi connectivity index (χ2v) is 5.35. The van der Waals surface area contributed by atoms with E-state index in [0.717, 1.165) is 15.9 Å². The molecule has 116 valence electrons. The predicted octanol–water partition coefficient (Wildman–Crippen LogP) is 3.20. The van der Waals surface area contributed by atoms with E-state index in [2.05, 4.69) is 4.74 Å². The fourth-order valence-electron chi connectivity index (χ4n) is 1.91. The largest absolute Gasteiger partial charge is 0.465 e. The first-order valence-electron chi connectivity index (χ1n) is 6.29. The molecule has 0 radical (unpaired) electrons. The van der Waals surface area contributed by atoms with Crippen LogP contribution in [0.25, 0.3) is 0 Å². The topological polar surface area (TPSA) is 66.8 Å². The Balaban J connectivity index is 2.55. The van der Waals surface area contributed by atoms with E-state index in [9.17, 15) is 17.9 Å². The molecule has 0 aliphatic heterocycles. The summed E-state index contributed by atoms with van der Waals surface area (Å²) >= 11 is -2.50. The number of ether oxygens (including phenoxy) is 1. The molecule has 1 atom stereocenters. The standard InChI is InChI=1S/C15H14FNO4S/c1-10-3-6-12(7-4-10)17(22(19)20)14-9-11(15(18)21-2)5-8-13(14)16/h3-9H,1-2H3,(H,19,20). The van der Waals surface area contributed by atoms with Crippen molar-refractivity contribution in [2.45, 2.75) is 6.92 Å². The van der Waals surface area contributed by atoms with Crippen LogP contribution in [0.3, 0.4) is 0 Å². The summed E-state index contributed by atoms with van der Waals surface area (Å²) in [6.07, 6.45) is 0. The van der Waals surface area contributed by atoms with Crippen molar-refractivity contribution >= 4 is 28.6 Å². The third kappa shape index (κ3) is 3.32. The molecule has 2 rings (SSSR count). The third-order valence-electron chi connectivity index (χ3n) is 3.01. The number of nitrogens with zero attached hydrogens (tertiary/aromatic N) is 1. The van der Waals surface area contributed by atoms with Gasteiger partial charge in [0.05, 0.1) is 24.0 Å². The Morgan fingerprint density at radius 3 is 2.41 bits per heavy atom. The summed E-state index contributed by atoms with van der Waals surface area (Å²) in [7, 11) is 1.20. The van der Waals surface area contributed by atoms with Crippen LogP contribution in [0.5, 0.6) is 0 Å². The van der Waals surface area contributed by atoms with Gasteiger partial charge in [-0.3, -0.25) is 4.55 Å². The minimum atomic E-state index is -2.50. The molecule has 1 unspecified atom stereocenters. The van der Waals surface area contributed by atoms with Gasteiger partial charge >= 0.3 is 5.97 Å². The molecule has 0 saturated heterocycles. The van der Waals surface area contributed by atoms with Crippen molar-refractivity contribution in [2.75, 3.05) is 11.4 Å². The first-order valence-corrected chi connectivity index (χ1v) is 7.36. The van der Waals surface area contributed by atoms with Crippen LogP contribution < -0.4 is 4.31 Å². The minimum Gasteiger partial charge on any atom is -0.465 e. The summed E-state index contributed by atoms with van der Waals surface area (Å²) in [5, 5.41) is 0. The Bertz CT molecular complexity index is 718. The molecule has 0 heterocycles. The van der Waals surface area contributed by atoms with Crippen molar-refractivity contribution in [2.24, 2.45) is 0 Å². The van der Waals surface area contributed by atoms with Crippen LogP contribution in [0.2, 0.25) is 0 Å². The maximum atomic E-state index is 14.1. The maximum Gasteiger partial charge on any atom is 0.337 e. The van der Waals surface area contributed by atoms with Gasteiger partial charge in [0.25, 0.3) is 11.3 Å². The molecule has 0 aliphatic rings. The molecular formula is C15H14FNO4S. The van der Waals surface area contributed by atoms with E-state index in [4.69, 9.17) is 0 Å². The van der Waals surface area contributed by atoms with Crippen LogP contribution in [0.15, 0.2) is 42.5 Å². The Morgan fingerprint density at radius 1 is 1.23 bits per heavy atom. The lowest BCUT2D eigenvalue weighted by Crippen LogP contribution is -2.21. The van der Waals surface area contributed by atoms with E-state index in [1.54, 1.807) is 24.3 Å². The van der Waals surface area contributed by atoms with Crippen LogP contribution in [0.4, 0.5) is 15.8 Å². The molecule has 0 amide bonds. The Labute approximate surface area is 129 Å². The molecule has 5 nitrogen and oxygen atoms in total. The molecular weight excluding hydrogens is 309 g/mol. The number of halogens is 1. The molecule has 0 fully saturated rings. The summed E-state index contributed by atoms with van der Waals surface area (Å²) in [4.78, 5) is 11.5. The van der Waals surface area contributed by atoms with Crippen molar-refractivity contribution in [3.63, 3.8) is 0 Å². The predicted molar refractivity (Wildman–Crippen MR) is 81.8 cm³/mol. The second-order valence-electron chi connectivity index (χ2n) is 4.52. The van der Waals surface area contributed by atoms with Gasteiger partial charge in [-0.25, -0.2) is 17.7 Å². The number of hydrogen-bond donors (Lipinski definition) is 1. The van der Waals surface area contributed by atoms with Crippen LogP contribution in [0, 0.1) is 12.7 Å². The zero-order valence-electron chi connectivity index (χ0n) is 11.9. The number of rotatable bonds is 4. The quantitative estimate of drug-likeness (QED) is 0.693. The van der Waals surface area contributed by atoms with E-state index in [0.29, 0.717) is 5.69 Å². The Hall–Kier alpha value is -2.25. The zero-order chi connectivity index (χ0) is 16.3. The third-order valence-corrected chi connectivity index (χ3v) is 3.73. The van der Waals surface area contributed by atoms with Gasteiger partial charge in [-0.15, -0.1) is 0 Å². The fraction of sp³-hybridized carbons (Fsp3) is 0.133. The molecule has 7 heteroatoms. The number of aryl methyl sites for hydroxylation is 1. The molecule has 0 aliphatic carbocycles. The van der Waals surface area contributed by atoms with Crippen LogP contribution >= 0.6 is 0 Å².